The fourth-order valence-corrected chi connectivity index (χ4v) is 2.81. The van der Waals surface area contributed by atoms with E-state index in [4.69, 9.17) is 4.74 Å². The van der Waals surface area contributed by atoms with E-state index in [0.717, 1.165) is 25.4 Å². The summed E-state index contributed by atoms with van der Waals surface area (Å²) >= 11 is 0. The fourth-order valence-electron chi connectivity index (χ4n) is 2.81. The van der Waals surface area contributed by atoms with Gasteiger partial charge in [-0.05, 0) is 31.0 Å². The molecule has 0 aromatic heterocycles. The summed E-state index contributed by atoms with van der Waals surface area (Å²) in [5, 5.41) is 3.59. The summed E-state index contributed by atoms with van der Waals surface area (Å²) in [5.74, 6) is 0.933. The SMILES string of the molecule is CCC[C@@H]1CN[C@@H](C)CN1Cc1ccc(OC)cc1. The van der Waals surface area contributed by atoms with E-state index in [9.17, 15) is 0 Å². The maximum Gasteiger partial charge on any atom is 0.118 e. The number of nitrogens with one attached hydrogen (secondary N) is 1. The predicted molar refractivity (Wildman–Crippen MR) is 79.6 cm³/mol. The zero-order chi connectivity index (χ0) is 13.7. The Morgan fingerprint density at radius 3 is 2.68 bits per heavy atom. The van der Waals surface area contributed by atoms with Gasteiger partial charge in [0.05, 0.1) is 7.11 Å². The van der Waals surface area contributed by atoms with Crippen LogP contribution in [0.15, 0.2) is 24.3 Å². The molecule has 1 fully saturated rings. The third kappa shape index (κ3) is 3.95. The summed E-state index contributed by atoms with van der Waals surface area (Å²) in [5.41, 5.74) is 1.37. The molecule has 0 bridgehead atoms. The molecule has 0 aliphatic carbocycles. The Morgan fingerprint density at radius 1 is 1.32 bits per heavy atom. The van der Waals surface area contributed by atoms with Crippen molar-refractivity contribution in [2.24, 2.45) is 0 Å². The number of hydrogen-bond acceptors (Lipinski definition) is 3. The van der Waals surface area contributed by atoms with Gasteiger partial charge in [0.25, 0.3) is 0 Å². The molecule has 1 aromatic rings. The lowest BCUT2D eigenvalue weighted by molar-refractivity contribution is 0.120. The molecule has 0 spiro atoms. The van der Waals surface area contributed by atoms with Crippen LogP contribution in [0.5, 0.6) is 5.75 Å². The topological polar surface area (TPSA) is 24.5 Å². The molecule has 3 heteroatoms. The quantitative estimate of drug-likeness (QED) is 0.883. The van der Waals surface area contributed by atoms with Crippen molar-refractivity contribution in [1.29, 1.82) is 0 Å². The lowest BCUT2D eigenvalue weighted by Crippen LogP contribution is -2.54. The first-order valence-corrected chi connectivity index (χ1v) is 7.33. The Labute approximate surface area is 116 Å². The van der Waals surface area contributed by atoms with Crippen LogP contribution >= 0.6 is 0 Å². The number of rotatable bonds is 5. The van der Waals surface area contributed by atoms with Gasteiger partial charge in [0.1, 0.15) is 5.75 Å². The Hall–Kier alpha value is -1.06. The molecule has 2 rings (SSSR count). The van der Waals surface area contributed by atoms with E-state index < -0.39 is 0 Å². The second-order valence-corrected chi connectivity index (χ2v) is 5.53. The van der Waals surface area contributed by atoms with E-state index in [2.05, 4.69) is 48.3 Å². The summed E-state index contributed by atoms with van der Waals surface area (Å²) in [4.78, 5) is 2.62. The van der Waals surface area contributed by atoms with Crippen LogP contribution in [0.3, 0.4) is 0 Å². The second-order valence-electron chi connectivity index (χ2n) is 5.53. The maximum absolute atomic E-state index is 5.21. The van der Waals surface area contributed by atoms with E-state index in [1.807, 2.05) is 0 Å². The Morgan fingerprint density at radius 2 is 2.05 bits per heavy atom. The van der Waals surface area contributed by atoms with Crippen molar-refractivity contribution < 1.29 is 4.74 Å². The number of ether oxygens (including phenoxy) is 1. The van der Waals surface area contributed by atoms with Crippen molar-refractivity contribution in [2.75, 3.05) is 20.2 Å². The molecule has 106 valence electrons. The molecule has 19 heavy (non-hydrogen) atoms. The summed E-state index contributed by atoms with van der Waals surface area (Å²) in [6.07, 6.45) is 2.52. The van der Waals surface area contributed by atoms with Crippen molar-refractivity contribution in [3.05, 3.63) is 29.8 Å². The monoisotopic (exact) mass is 262 g/mol. The van der Waals surface area contributed by atoms with Gasteiger partial charge in [0.2, 0.25) is 0 Å². The zero-order valence-electron chi connectivity index (χ0n) is 12.4. The smallest absolute Gasteiger partial charge is 0.118 e. The Kier molecular flexibility index (Phi) is 5.23. The molecule has 1 saturated heterocycles. The van der Waals surface area contributed by atoms with Crippen LogP contribution in [0.1, 0.15) is 32.3 Å². The molecule has 0 amide bonds. The largest absolute Gasteiger partial charge is 0.497 e. The van der Waals surface area contributed by atoms with E-state index in [1.54, 1.807) is 7.11 Å². The number of piperazine rings is 1. The average Bonchev–Trinajstić information content (AvgIpc) is 2.43. The predicted octanol–water partition coefficient (Wildman–Crippen LogP) is 2.66. The summed E-state index contributed by atoms with van der Waals surface area (Å²) < 4.78 is 5.21. The Balaban J connectivity index is 2.00. The van der Waals surface area contributed by atoms with E-state index in [0.29, 0.717) is 12.1 Å². The van der Waals surface area contributed by atoms with Gasteiger partial charge in [-0.3, -0.25) is 4.90 Å². The first-order valence-electron chi connectivity index (χ1n) is 7.33. The molecular formula is C16H26N2O. The lowest BCUT2D eigenvalue weighted by Gasteiger charge is -2.39. The Bertz CT molecular complexity index is 377. The number of nitrogens with zero attached hydrogens (tertiary/aromatic N) is 1. The van der Waals surface area contributed by atoms with Crippen LogP contribution in [-0.4, -0.2) is 37.2 Å². The van der Waals surface area contributed by atoms with E-state index >= 15 is 0 Å². The van der Waals surface area contributed by atoms with Gasteiger partial charge in [0, 0.05) is 31.7 Å². The van der Waals surface area contributed by atoms with Crippen molar-refractivity contribution in [1.82, 2.24) is 10.2 Å². The zero-order valence-corrected chi connectivity index (χ0v) is 12.4. The molecule has 3 nitrogen and oxygen atoms in total. The average molecular weight is 262 g/mol. The van der Waals surface area contributed by atoms with Gasteiger partial charge in [-0.15, -0.1) is 0 Å². The normalized spacial score (nSPS) is 24.4. The van der Waals surface area contributed by atoms with Crippen molar-refractivity contribution in [3.8, 4) is 5.75 Å². The first kappa shape index (κ1) is 14.4. The van der Waals surface area contributed by atoms with Gasteiger partial charge in [0.15, 0.2) is 0 Å². The van der Waals surface area contributed by atoms with Gasteiger partial charge in [-0.2, -0.15) is 0 Å². The van der Waals surface area contributed by atoms with Crippen molar-refractivity contribution >= 4 is 0 Å². The minimum absolute atomic E-state index is 0.589. The van der Waals surface area contributed by atoms with Crippen LogP contribution in [0.25, 0.3) is 0 Å². The minimum atomic E-state index is 0.589. The number of hydrogen-bond donors (Lipinski definition) is 1. The molecule has 0 unspecified atom stereocenters. The van der Waals surface area contributed by atoms with Crippen molar-refractivity contribution in [3.63, 3.8) is 0 Å². The van der Waals surface area contributed by atoms with Crippen molar-refractivity contribution in [2.45, 2.75) is 45.3 Å². The highest BCUT2D eigenvalue weighted by atomic mass is 16.5. The highest BCUT2D eigenvalue weighted by molar-refractivity contribution is 5.27. The van der Waals surface area contributed by atoms with Gasteiger partial charge < -0.3 is 10.1 Å². The highest BCUT2D eigenvalue weighted by Gasteiger charge is 2.24. The van der Waals surface area contributed by atoms with Gasteiger partial charge >= 0.3 is 0 Å². The van der Waals surface area contributed by atoms with Gasteiger partial charge in [-0.1, -0.05) is 25.5 Å². The standard InChI is InChI=1S/C16H26N2O/c1-4-5-15-10-17-13(2)11-18(15)12-14-6-8-16(19-3)9-7-14/h6-9,13,15,17H,4-5,10-12H2,1-3H3/t13-,15+/m0/s1. The first-order chi connectivity index (χ1) is 9.22. The molecule has 0 radical (unpaired) electrons. The van der Waals surface area contributed by atoms with Gasteiger partial charge in [-0.25, -0.2) is 0 Å². The second kappa shape index (κ2) is 6.92. The number of methoxy groups -OCH3 is 1. The molecule has 1 aromatic carbocycles. The third-order valence-corrected chi connectivity index (χ3v) is 3.89. The molecular weight excluding hydrogens is 236 g/mol. The van der Waals surface area contributed by atoms with E-state index in [-0.39, 0.29) is 0 Å². The number of benzene rings is 1. The maximum atomic E-state index is 5.21. The minimum Gasteiger partial charge on any atom is -0.497 e. The summed E-state index contributed by atoms with van der Waals surface area (Å²) in [6.45, 7) is 7.83. The van der Waals surface area contributed by atoms with Crippen LogP contribution in [0.2, 0.25) is 0 Å². The molecule has 0 saturated carbocycles. The van der Waals surface area contributed by atoms with Crippen LogP contribution in [-0.2, 0) is 6.54 Å². The van der Waals surface area contributed by atoms with Crippen LogP contribution in [0, 0.1) is 0 Å². The molecule has 1 N–H and O–H groups in total. The van der Waals surface area contributed by atoms with E-state index in [1.165, 1.54) is 18.4 Å². The molecule has 1 heterocycles. The third-order valence-electron chi connectivity index (χ3n) is 3.89. The lowest BCUT2D eigenvalue weighted by atomic mass is 10.0. The highest BCUT2D eigenvalue weighted by Crippen LogP contribution is 2.18. The molecule has 1 aliphatic heterocycles. The summed E-state index contributed by atoms with van der Waals surface area (Å²) in [7, 11) is 1.71. The summed E-state index contributed by atoms with van der Waals surface area (Å²) in [6, 6.07) is 9.71. The van der Waals surface area contributed by atoms with Crippen LogP contribution in [0.4, 0.5) is 0 Å². The fraction of sp³-hybridized carbons (Fsp3) is 0.625. The molecule has 1 aliphatic rings. The van der Waals surface area contributed by atoms with Crippen LogP contribution < -0.4 is 10.1 Å². The molecule has 2 atom stereocenters.